The van der Waals surface area contributed by atoms with E-state index in [1.807, 2.05) is 18.7 Å². The number of rotatable bonds is 7. The maximum absolute atomic E-state index is 5.95. The van der Waals surface area contributed by atoms with Crippen molar-refractivity contribution in [2.75, 3.05) is 17.9 Å². The summed E-state index contributed by atoms with van der Waals surface area (Å²) in [5, 5.41) is 4.59. The average molecular weight is 315 g/mol. The topological polar surface area (TPSA) is 35.6 Å². The van der Waals surface area contributed by atoms with Crippen molar-refractivity contribution < 1.29 is 0 Å². The van der Waals surface area contributed by atoms with Gasteiger partial charge in [-0.15, -0.1) is 11.6 Å². The van der Waals surface area contributed by atoms with Crippen LogP contribution in [0.3, 0.4) is 0 Å². The molecule has 2 heterocycles. The molecule has 6 heteroatoms. The van der Waals surface area contributed by atoms with E-state index in [4.69, 9.17) is 16.6 Å². The van der Waals surface area contributed by atoms with Crippen LogP contribution in [0.5, 0.6) is 0 Å². The molecule has 0 spiro atoms. The fraction of sp³-hybridized carbons (Fsp3) is 0.714. The van der Waals surface area contributed by atoms with Crippen molar-refractivity contribution in [3.8, 4) is 0 Å². The Morgan fingerprint density at radius 3 is 2.75 bits per heavy atom. The molecule has 1 unspecified atom stereocenters. The minimum Gasteiger partial charge on any atom is -0.310 e. The van der Waals surface area contributed by atoms with E-state index >= 15 is 0 Å². The van der Waals surface area contributed by atoms with Crippen LogP contribution in [0.4, 0.5) is 0 Å². The molecule has 1 atom stereocenters. The molecule has 0 amide bonds. The van der Waals surface area contributed by atoms with E-state index in [9.17, 15) is 0 Å². The molecule has 0 aliphatic rings. The van der Waals surface area contributed by atoms with Crippen LogP contribution >= 0.6 is 23.4 Å². The van der Waals surface area contributed by atoms with E-state index in [2.05, 4.69) is 34.5 Å². The molecule has 2 aromatic rings. The van der Waals surface area contributed by atoms with Gasteiger partial charge in [0.25, 0.3) is 0 Å². The zero-order valence-corrected chi connectivity index (χ0v) is 14.3. The fourth-order valence-electron chi connectivity index (χ4n) is 2.60. The molecule has 0 aliphatic heterocycles. The highest BCUT2D eigenvalue weighted by molar-refractivity contribution is 7.98. The van der Waals surface area contributed by atoms with Crippen LogP contribution in [-0.2, 0) is 13.0 Å². The van der Waals surface area contributed by atoms with E-state index in [0.29, 0.717) is 11.9 Å². The van der Waals surface area contributed by atoms with Crippen LogP contribution in [0.1, 0.15) is 37.8 Å². The van der Waals surface area contributed by atoms with Crippen molar-refractivity contribution in [1.82, 2.24) is 19.3 Å². The first-order chi connectivity index (χ1) is 9.63. The number of fused-ring (bicyclic) bond motifs is 1. The molecule has 0 bridgehead atoms. The molecule has 2 rings (SSSR count). The number of hydrogen-bond acceptors (Lipinski definition) is 3. The molecule has 0 aromatic carbocycles. The lowest BCUT2D eigenvalue weighted by atomic mass is 10.2. The number of halogens is 1. The number of nitrogens with zero attached hydrogens (tertiary/aromatic N) is 4. The van der Waals surface area contributed by atoms with Crippen LogP contribution < -0.4 is 0 Å². The maximum Gasteiger partial charge on any atom is 0.159 e. The lowest BCUT2D eigenvalue weighted by molar-refractivity contribution is 0.510. The molecular formula is C14H23ClN4S. The zero-order chi connectivity index (χ0) is 14.7. The quantitative estimate of drug-likeness (QED) is 0.732. The van der Waals surface area contributed by atoms with Gasteiger partial charge in [0.05, 0.1) is 5.69 Å². The Hall–Kier alpha value is -0.680. The lowest BCUT2D eigenvalue weighted by Crippen LogP contribution is -2.14. The maximum atomic E-state index is 5.95. The van der Waals surface area contributed by atoms with E-state index < -0.39 is 0 Å². The molecule has 0 saturated heterocycles. The molecule has 112 valence electrons. The molecule has 2 aromatic heterocycles. The third kappa shape index (κ3) is 2.84. The van der Waals surface area contributed by atoms with Gasteiger partial charge >= 0.3 is 0 Å². The fourth-order valence-corrected chi connectivity index (χ4v) is 3.34. The summed E-state index contributed by atoms with van der Waals surface area (Å²) < 4.78 is 4.41. The van der Waals surface area contributed by atoms with Gasteiger partial charge in [0.1, 0.15) is 11.3 Å². The summed E-state index contributed by atoms with van der Waals surface area (Å²) in [4.78, 5) is 4.79. The monoisotopic (exact) mass is 314 g/mol. The highest BCUT2D eigenvalue weighted by Crippen LogP contribution is 2.26. The molecule has 4 nitrogen and oxygen atoms in total. The molecule has 0 radical (unpaired) electrons. The predicted octanol–water partition coefficient (Wildman–Crippen LogP) is 3.66. The molecular weight excluding hydrogens is 292 g/mol. The van der Waals surface area contributed by atoms with Crippen molar-refractivity contribution >= 4 is 34.5 Å². The number of alkyl halides is 1. The SMILES string of the molecule is CCn1nc(C)c2nc(CCCl)n(C(C)CCSC)c21. The minimum atomic E-state index is 0.423. The molecule has 0 fully saturated rings. The van der Waals surface area contributed by atoms with E-state index in [-0.39, 0.29) is 0 Å². The van der Waals surface area contributed by atoms with Crippen molar-refractivity contribution in [3.05, 3.63) is 11.5 Å². The zero-order valence-electron chi connectivity index (χ0n) is 12.7. The first-order valence-corrected chi connectivity index (χ1v) is 9.05. The van der Waals surface area contributed by atoms with Gasteiger partial charge in [-0.25, -0.2) is 9.67 Å². The van der Waals surface area contributed by atoms with Crippen molar-refractivity contribution in [1.29, 1.82) is 0 Å². The first kappa shape index (κ1) is 15.7. The summed E-state index contributed by atoms with van der Waals surface area (Å²) in [5.74, 6) is 2.85. The van der Waals surface area contributed by atoms with Gasteiger partial charge in [-0.2, -0.15) is 16.9 Å². The van der Waals surface area contributed by atoms with Gasteiger partial charge in [0.2, 0.25) is 0 Å². The van der Waals surface area contributed by atoms with Crippen LogP contribution in [0.15, 0.2) is 0 Å². The summed E-state index contributed by atoms with van der Waals surface area (Å²) in [7, 11) is 0. The van der Waals surface area contributed by atoms with E-state index in [1.165, 1.54) is 0 Å². The summed E-state index contributed by atoms with van der Waals surface area (Å²) in [6, 6.07) is 0.423. The van der Waals surface area contributed by atoms with Gasteiger partial charge < -0.3 is 4.57 Å². The second kappa shape index (κ2) is 6.85. The average Bonchev–Trinajstić information content (AvgIpc) is 2.94. The van der Waals surface area contributed by atoms with Crippen LogP contribution in [0.25, 0.3) is 11.2 Å². The second-order valence-electron chi connectivity index (χ2n) is 5.04. The third-order valence-corrected chi connectivity index (χ3v) is 4.45. The van der Waals surface area contributed by atoms with Gasteiger partial charge in [-0.05, 0) is 39.2 Å². The number of thioether (sulfide) groups is 1. The largest absolute Gasteiger partial charge is 0.310 e. The summed E-state index contributed by atoms with van der Waals surface area (Å²) in [5.41, 5.74) is 3.19. The Labute approximate surface area is 129 Å². The Morgan fingerprint density at radius 1 is 1.40 bits per heavy atom. The highest BCUT2D eigenvalue weighted by atomic mass is 35.5. The standard InChI is InChI=1S/C14H23ClN4S/c1-5-18-14-13(11(3)17-18)16-12(6-8-15)19(14)10(2)7-9-20-4/h10H,5-9H2,1-4H3. The Balaban J connectivity index is 2.54. The number of aromatic nitrogens is 4. The summed E-state index contributed by atoms with van der Waals surface area (Å²) >= 11 is 7.83. The number of hydrogen-bond donors (Lipinski definition) is 0. The smallest absolute Gasteiger partial charge is 0.159 e. The minimum absolute atomic E-state index is 0.423. The second-order valence-corrected chi connectivity index (χ2v) is 6.40. The van der Waals surface area contributed by atoms with Gasteiger partial charge in [-0.3, -0.25) is 0 Å². The van der Waals surface area contributed by atoms with Crippen LogP contribution in [-0.4, -0.2) is 37.2 Å². The lowest BCUT2D eigenvalue weighted by Gasteiger charge is -2.17. The normalized spacial score (nSPS) is 13.2. The van der Waals surface area contributed by atoms with Gasteiger partial charge in [0.15, 0.2) is 5.65 Å². The highest BCUT2D eigenvalue weighted by Gasteiger charge is 2.21. The molecule has 0 saturated carbocycles. The van der Waals surface area contributed by atoms with Crippen molar-refractivity contribution in [2.45, 2.75) is 46.2 Å². The predicted molar refractivity (Wildman–Crippen MR) is 88.1 cm³/mol. The molecule has 0 N–H and O–H groups in total. The third-order valence-electron chi connectivity index (χ3n) is 3.61. The van der Waals surface area contributed by atoms with Crippen molar-refractivity contribution in [2.24, 2.45) is 0 Å². The van der Waals surface area contributed by atoms with Crippen LogP contribution in [0, 0.1) is 6.92 Å². The Bertz CT molecular complexity index is 575. The van der Waals surface area contributed by atoms with E-state index in [1.54, 1.807) is 0 Å². The van der Waals surface area contributed by atoms with Crippen LogP contribution in [0.2, 0.25) is 0 Å². The Morgan fingerprint density at radius 2 is 2.15 bits per heavy atom. The molecule has 0 aliphatic carbocycles. The number of imidazole rings is 1. The summed E-state index contributed by atoms with van der Waals surface area (Å²) in [6.07, 6.45) is 4.09. The van der Waals surface area contributed by atoms with Crippen molar-refractivity contribution in [3.63, 3.8) is 0 Å². The van der Waals surface area contributed by atoms with E-state index in [0.717, 1.165) is 47.8 Å². The first-order valence-electron chi connectivity index (χ1n) is 7.13. The Kier molecular flexibility index (Phi) is 5.38. The summed E-state index contributed by atoms with van der Waals surface area (Å²) in [6.45, 7) is 7.28. The molecule has 20 heavy (non-hydrogen) atoms. The van der Waals surface area contributed by atoms with Gasteiger partial charge in [0, 0.05) is 24.9 Å². The van der Waals surface area contributed by atoms with Gasteiger partial charge in [-0.1, -0.05) is 0 Å². The number of aryl methyl sites for hydroxylation is 3.